The standard InChI is InChI=1S/C22H20F3N3O3/c23-22(24,25)17-9-6-16(7-10-17)8-11-19(29)26-14-20(30)27-12-13-28(21(31)15-27)18-4-2-1-3-5-18/h1-11H,12-15H2,(H,26,29)/b11-8+. The summed E-state index contributed by atoms with van der Waals surface area (Å²) in [5, 5.41) is 2.42. The van der Waals surface area contributed by atoms with Crippen molar-refractivity contribution in [1.82, 2.24) is 10.2 Å². The van der Waals surface area contributed by atoms with E-state index in [1.54, 1.807) is 4.90 Å². The summed E-state index contributed by atoms with van der Waals surface area (Å²) in [6.45, 7) is 0.340. The number of hydrogen-bond acceptors (Lipinski definition) is 3. The van der Waals surface area contributed by atoms with Crippen LogP contribution in [0.4, 0.5) is 18.9 Å². The van der Waals surface area contributed by atoms with Gasteiger partial charge in [0.15, 0.2) is 0 Å². The third-order valence-corrected chi connectivity index (χ3v) is 4.72. The minimum absolute atomic E-state index is 0.0784. The minimum atomic E-state index is -4.42. The molecule has 0 spiro atoms. The second kappa shape index (κ2) is 9.46. The molecule has 1 saturated heterocycles. The fourth-order valence-corrected chi connectivity index (χ4v) is 3.06. The molecule has 1 fully saturated rings. The van der Waals surface area contributed by atoms with E-state index < -0.39 is 23.6 Å². The molecule has 1 aliphatic rings. The molecule has 2 aromatic rings. The fraction of sp³-hybridized carbons (Fsp3) is 0.227. The Kier molecular flexibility index (Phi) is 6.74. The zero-order chi connectivity index (χ0) is 22.4. The Hall–Kier alpha value is -3.62. The Morgan fingerprint density at radius 3 is 2.29 bits per heavy atom. The van der Waals surface area contributed by atoms with E-state index in [0.29, 0.717) is 18.7 Å². The smallest absolute Gasteiger partial charge is 0.343 e. The number of halogens is 3. The molecule has 162 valence electrons. The van der Waals surface area contributed by atoms with E-state index in [9.17, 15) is 27.6 Å². The lowest BCUT2D eigenvalue weighted by atomic mass is 10.1. The van der Waals surface area contributed by atoms with Crippen molar-refractivity contribution in [2.24, 2.45) is 0 Å². The molecule has 1 heterocycles. The molecule has 2 aromatic carbocycles. The molecule has 1 N–H and O–H groups in total. The van der Waals surface area contributed by atoms with E-state index in [1.807, 2.05) is 30.3 Å². The Bertz CT molecular complexity index is 973. The summed E-state index contributed by atoms with van der Waals surface area (Å²) >= 11 is 0. The quantitative estimate of drug-likeness (QED) is 0.741. The zero-order valence-electron chi connectivity index (χ0n) is 16.4. The number of nitrogens with zero attached hydrogens (tertiary/aromatic N) is 2. The molecule has 3 rings (SSSR count). The van der Waals surface area contributed by atoms with Gasteiger partial charge in [0.2, 0.25) is 17.7 Å². The van der Waals surface area contributed by atoms with Gasteiger partial charge >= 0.3 is 6.18 Å². The molecule has 6 nitrogen and oxygen atoms in total. The average Bonchev–Trinajstić information content (AvgIpc) is 2.76. The first kappa shape index (κ1) is 22.1. The van der Waals surface area contributed by atoms with Gasteiger partial charge in [-0.25, -0.2) is 0 Å². The maximum atomic E-state index is 12.6. The lowest BCUT2D eigenvalue weighted by Crippen LogP contribution is -2.54. The number of piperazine rings is 1. The lowest BCUT2D eigenvalue weighted by Gasteiger charge is -2.34. The van der Waals surface area contributed by atoms with Crippen molar-refractivity contribution in [3.8, 4) is 0 Å². The monoisotopic (exact) mass is 431 g/mol. The van der Waals surface area contributed by atoms with Gasteiger partial charge < -0.3 is 15.1 Å². The fourth-order valence-electron chi connectivity index (χ4n) is 3.06. The topological polar surface area (TPSA) is 69.7 Å². The number of para-hydroxylation sites is 1. The number of hydrogen-bond donors (Lipinski definition) is 1. The average molecular weight is 431 g/mol. The highest BCUT2D eigenvalue weighted by Crippen LogP contribution is 2.29. The summed E-state index contributed by atoms with van der Waals surface area (Å²) in [5.41, 5.74) is 0.403. The van der Waals surface area contributed by atoms with E-state index >= 15 is 0 Å². The second-order valence-corrected chi connectivity index (χ2v) is 6.87. The number of alkyl halides is 3. The van der Waals surface area contributed by atoms with Gasteiger partial charge in [0.1, 0.15) is 6.54 Å². The summed E-state index contributed by atoms with van der Waals surface area (Å²) in [6.07, 6.45) is -1.94. The number of rotatable bonds is 5. The van der Waals surface area contributed by atoms with E-state index in [0.717, 1.165) is 23.9 Å². The molecular weight excluding hydrogens is 411 g/mol. The first-order chi connectivity index (χ1) is 14.7. The molecule has 1 aliphatic heterocycles. The van der Waals surface area contributed by atoms with Crippen molar-refractivity contribution in [2.75, 3.05) is 31.1 Å². The van der Waals surface area contributed by atoms with Crippen LogP contribution in [0.5, 0.6) is 0 Å². The van der Waals surface area contributed by atoms with Crippen LogP contribution in [-0.2, 0) is 20.6 Å². The predicted molar refractivity (Wildman–Crippen MR) is 109 cm³/mol. The highest BCUT2D eigenvalue weighted by molar-refractivity contribution is 5.99. The molecule has 0 aliphatic carbocycles. The van der Waals surface area contributed by atoms with Crippen molar-refractivity contribution in [1.29, 1.82) is 0 Å². The Morgan fingerprint density at radius 2 is 1.68 bits per heavy atom. The Morgan fingerprint density at radius 1 is 1.00 bits per heavy atom. The van der Waals surface area contributed by atoms with Crippen LogP contribution in [0.25, 0.3) is 6.08 Å². The third kappa shape index (κ3) is 5.94. The molecule has 0 aromatic heterocycles. The SMILES string of the molecule is O=C(/C=C/c1ccc(C(F)(F)F)cc1)NCC(=O)N1CCN(c2ccccc2)C(=O)C1. The van der Waals surface area contributed by atoms with Crippen molar-refractivity contribution in [2.45, 2.75) is 6.18 Å². The van der Waals surface area contributed by atoms with Gasteiger partial charge in [-0.3, -0.25) is 14.4 Å². The third-order valence-electron chi connectivity index (χ3n) is 4.72. The number of carbonyl (C=O) groups excluding carboxylic acids is 3. The van der Waals surface area contributed by atoms with Crippen LogP contribution in [0, 0.1) is 0 Å². The van der Waals surface area contributed by atoms with Crippen LogP contribution in [-0.4, -0.2) is 48.8 Å². The Labute approximate surface area is 176 Å². The highest BCUT2D eigenvalue weighted by Gasteiger charge is 2.30. The zero-order valence-corrected chi connectivity index (χ0v) is 16.4. The van der Waals surface area contributed by atoms with Gasteiger partial charge in [0.05, 0.1) is 12.1 Å². The summed E-state index contributed by atoms with van der Waals surface area (Å²) in [7, 11) is 0. The van der Waals surface area contributed by atoms with E-state index in [1.165, 1.54) is 23.1 Å². The number of benzene rings is 2. The summed E-state index contributed by atoms with van der Waals surface area (Å²) in [5.74, 6) is -1.17. The van der Waals surface area contributed by atoms with Crippen molar-refractivity contribution in [3.05, 3.63) is 71.8 Å². The van der Waals surface area contributed by atoms with Gasteiger partial charge in [-0.1, -0.05) is 30.3 Å². The maximum Gasteiger partial charge on any atom is 0.416 e. The normalized spacial score (nSPS) is 14.7. The summed E-state index contributed by atoms with van der Waals surface area (Å²) < 4.78 is 37.7. The van der Waals surface area contributed by atoms with E-state index in [2.05, 4.69) is 5.32 Å². The number of anilines is 1. The van der Waals surface area contributed by atoms with Crippen molar-refractivity contribution < 1.29 is 27.6 Å². The summed E-state index contributed by atoms with van der Waals surface area (Å²) in [6, 6.07) is 13.5. The van der Waals surface area contributed by atoms with E-state index in [-0.39, 0.29) is 19.0 Å². The molecular formula is C22H20F3N3O3. The number of amides is 3. The molecule has 9 heteroatoms. The molecule has 0 atom stereocenters. The first-order valence-electron chi connectivity index (χ1n) is 9.50. The van der Waals surface area contributed by atoms with Crippen LogP contribution in [0.2, 0.25) is 0 Å². The van der Waals surface area contributed by atoms with Crippen LogP contribution in [0.3, 0.4) is 0 Å². The highest BCUT2D eigenvalue weighted by atomic mass is 19.4. The second-order valence-electron chi connectivity index (χ2n) is 6.87. The Balaban J connectivity index is 1.47. The largest absolute Gasteiger partial charge is 0.416 e. The molecule has 31 heavy (non-hydrogen) atoms. The van der Waals surface area contributed by atoms with Crippen molar-refractivity contribution >= 4 is 29.5 Å². The number of nitrogens with one attached hydrogen (secondary N) is 1. The van der Waals surface area contributed by atoms with Crippen LogP contribution < -0.4 is 10.2 Å². The molecule has 0 bridgehead atoms. The molecule has 3 amide bonds. The van der Waals surface area contributed by atoms with Crippen molar-refractivity contribution in [3.63, 3.8) is 0 Å². The number of carbonyl (C=O) groups is 3. The maximum absolute atomic E-state index is 12.6. The molecule has 0 unspecified atom stereocenters. The van der Waals surface area contributed by atoms with Gasteiger partial charge in [0.25, 0.3) is 0 Å². The molecule has 0 saturated carbocycles. The molecule has 0 radical (unpaired) electrons. The van der Waals surface area contributed by atoms with Gasteiger partial charge in [-0.15, -0.1) is 0 Å². The van der Waals surface area contributed by atoms with Crippen LogP contribution >= 0.6 is 0 Å². The van der Waals surface area contributed by atoms with Gasteiger partial charge in [0, 0.05) is 24.9 Å². The first-order valence-corrected chi connectivity index (χ1v) is 9.50. The van der Waals surface area contributed by atoms with Crippen LogP contribution in [0.15, 0.2) is 60.7 Å². The van der Waals surface area contributed by atoms with Crippen LogP contribution in [0.1, 0.15) is 11.1 Å². The van der Waals surface area contributed by atoms with E-state index in [4.69, 9.17) is 0 Å². The predicted octanol–water partition coefficient (Wildman–Crippen LogP) is 2.71. The summed E-state index contributed by atoms with van der Waals surface area (Å²) in [4.78, 5) is 39.6. The lowest BCUT2D eigenvalue weighted by molar-refractivity contribution is -0.137. The van der Waals surface area contributed by atoms with Gasteiger partial charge in [-0.05, 0) is 35.9 Å². The minimum Gasteiger partial charge on any atom is -0.343 e. The van der Waals surface area contributed by atoms with Gasteiger partial charge in [-0.2, -0.15) is 13.2 Å².